The van der Waals surface area contributed by atoms with Gasteiger partial charge in [0, 0.05) is 34.5 Å². The number of halogens is 1. The maximum Gasteiger partial charge on any atom is 0.334 e. The maximum absolute atomic E-state index is 14.0. The van der Waals surface area contributed by atoms with Gasteiger partial charge in [0.15, 0.2) is 0 Å². The number of carbonyl (C=O) groups is 3. The molecule has 4 aromatic rings. The Morgan fingerprint density at radius 3 is 1.96 bits per heavy atom. The Bertz CT molecular complexity index is 1750. The molecule has 0 radical (unpaired) electrons. The zero-order valence-electron chi connectivity index (χ0n) is 26.4. The average Bonchev–Trinajstić information content (AvgIpc) is 3.08. The molecule has 47 heavy (non-hydrogen) atoms. The molecule has 0 saturated carbocycles. The molecule has 240 valence electrons. The van der Waals surface area contributed by atoms with Gasteiger partial charge in [0.2, 0.25) is 5.91 Å². The van der Waals surface area contributed by atoms with Gasteiger partial charge < -0.3 is 20.1 Å². The predicted octanol–water partition coefficient (Wildman–Crippen LogP) is 7.45. The van der Waals surface area contributed by atoms with E-state index in [1.165, 1.54) is 0 Å². The minimum Gasteiger partial charge on any atom is -0.478 e. The summed E-state index contributed by atoms with van der Waals surface area (Å²) in [6, 6.07) is 36.5. The number of carboxylic acids is 1. The second-order valence-corrected chi connectivity index (χ2v) is 11.9. The van der Waals surface area contributed by atoms with E-state index in [2.05, 4.69) is 29.6 Å². The molecule has 1 atom stereocenters. The first-order valence-electron chi connectivity index (χ1n) is 15.5. The van der Waals surface area contributed by atoms with Crippen molar-refractivity contribution in [2.45, 2.75) is 38.7 Å². The molecule has 4 aromatic carbocycles. The van der Waals surface area contributed by atoms with Crippen molar-refractivity contribution in [3.63, 3.8) is 0 Å². The van der Waals surface area contributed by atoms with Crippen molar-refractivity contribution in [3.05, 3.63) is 165 Å². The summed E-state index contributed by atoms with van der Waals surface area (Å²) in [4.78, 5) is 41.5. The van der Waals surface area contributed by atoms with Crippen molar-refractivity contribution < 1.29 is 24.2 Å². The number of rotatable bonds is 12. The van der Waals surface area contributed by atoms with Crippen molar-refractivity contribution in [3.8, 4) is 0 Å². The molecule has 1 aliphatic rings. The van der Waals surface area contributed by atoms with Crippen LogP contribution in [0.25, 0.3) is 0 Å². The number of carbonyl (C=O) groups excluding carboxylic acids is 2. The van der Waals surface area contributed by atoms with Gasteiger partial charge in [-0.25, -0.2) is 4.79 Å². The number of nitrogens with one attached hydrogen (secondary N) is 1. The number of allylic oxidation sites excluding steroid dienone is 2. The fourth-order valence-corrected chi connectivity index (χ4v) is 6.42. The van der Waals surface area contributed by atoms with Crippen LogP contribution < -0.4 is 5.32 Å². The Morgan fingerprint density at radius 1 is 0.809 bits per heavy atom. The minimum atomic E-state index is -1.14. The standard InChI is InChI=1S/C39H37ClN2O5/c1-26-35(38(44)41-24-34(43)47-25-28-13-6-3-7-14-28)37(31-19-12-20-32(40)23-31)36(39(45)46)27(2)42(26)22-21-33(29-15-8-4-9-16-29)30-17-10-5-11-18-30/h3-20,23,33,37H,21-22,24-25H2,1-2H3,(H,41,44)(H,45,46). The van der Waals surface area contributed by atoms with E-state index in [1.54, 1.807) is 31.2 Å². The molecular weight excluding hydrogens is 612 g/mol. The topological polar surface area (TPSA) is 95.9 Å². The van der Waals surface area contributed by atoms with Crippen LogP contribution in [-0.2, 0) is 25.7 Å². The summed E-state index contributed by atoms with van der Waals surface area (Å²) in [5, 5.41) is 13.7. The van der Waals surface area contributed by atoms with E-state index < -0.39 is 23.8 Å². The Labute approximate surface area is 280 Å². The number of nitrogens with zero attached hydrogens (tertiary/aromatic N) is 1. The van der Waals surface area contributed by atoms with Crippen molar-refractivity contribution in [2.24, 2.45) is 0 Å². The lowest BCUT2D eigenvalue weighted by Gasteiger charge is -2.38. The van der Waals surface area contributed by atoms with Gasteiger partial charge in [-0.3, -0.25) is 9.59 Å². The van der Waals surface area contributed by atoms with Crippen molar-refractivity contribution in [1.82, 2.24) is 10.2 Å². The molecule has 8 heteroatoms. The second-order valence-electron chi connectivity index (χ2n) is 11.4. The zero-order valence-corrected chi connectivity index (χ0v) is 27.1. The molecule has 7 nitrogen and oxygen atoms in total. The van der Waals surface area contributed by atoms with Crippen LogP contribution in [0.15, 0.2) is 138 Å². The first-order valence-corrected chi connectivity index (χ1v) is 15.9. The molecule has 5 rings (SSSR count). The van der Waals surface area contributed by atoms with Crippen LogP contribution in [0.2, 0.25) is 5.02 Å². The van der Waals surface area contributed by atoms with Crippen LogP contribution in [-0.4, -0.2) is 40.9 Å². The van der Waals surface area contributed by atoms with Gasteiger partial charge >= 0.3 is 11.9 Å². The van der Waals surface area contributed by atoms with Gasteiger partial charge in [-0.2, -0.15) is 0 Å². The Hall–Kier alpha value is -5.14. The number of carboxylic acid groups (broad SMARTS) is 1. The van der Waals surface area contributed by atoms with Crippen molar-refractivity contribution >= 4 is 29.4 Å². The van der Waals surface area contributed by atoms with E-state index >= 15 is 0 Å². The molecule has 0 aromatic heterocycles. The molecule has 1 unspecified atom stereocenters. The van der Waals surface area contributed by atoms with Gasteiger partial charge in [0.05, 0.1) is 11.5 Å². The second kappa shape index (κ2) is 15.4. The number of hydrogen-bond donors (Lipinski definition) is 2. The van der Waals surface area contributed by atoms with Gasteiger partial charge in [-0.15, -0.1) is 0 Å². The summed E-state index contributed by atoms with van der Waals surface area (Å²) in [5.74, 6) is -3.18. The highest BCUT2D eigenvalue weighted by molar-refractivity contribution is 6.30. The fourth-order valence-electron chi connectivity index (χ4n) is 6.22. The molecule has 1 amide bonds. The van der Waals surface area contributed by atoms with Crippen LogP contribution in [0.5, 0.6) is 0 Å². The summed E-state index contributed by atoms with van der Waals surface area (Å²) >= 11 is 6.36. The highest BCUT2D eigenvalue weighted by atomic mass is 35.5. The Morgan fingerprint density at radius 2 is 1.38 bits per heavy atom. The molecule has 1 aliphatic heterocycles. The highest BCUT2D eigenvalue weighted by Crippen LogP contribution is 2.43. The SMILES string of the molecule is CC1=C(C(=O)O)C(c2cccc(Cl)c2)C(C(=O)NCC(=O)OCc2ccccc2)=C(C)N1CCC(c1ccccc1)c1ccccc1. The highest BCUT2D eigenvalue weighted by Gasteiger charge is 2.39. The maximum atomic E-state index is 14.0. The lowest BCUT2D eigenvalue weighted by atomic mass is 9.79. The van der Waals surface area contributed by atoms with Crippen LogP contribution in [0, 0.1) is 0 Å². The first kappa shape index (κ1) is 33.2. The molecule has 1 heterocycles. The third-order valence-corrected chi connectivity index (χ3v) is 8.74. The number of esters is 1. The van der Waals surface area contributed by atoms with Gasteiger partial charge in [-0.05, 0) is 54.7 Å². The van der Waals surface area contributed by atoms with E-state index in [4.69, 9.17) is 16.3 Å². The summed E-state index contributed by atoms with van der Waals surface area (Å²) in [7, 11) is 0. The normalized spacial score (nSPS) is 14.7. The van der Waals surface area contributed by atoms with Crippen LogP contribution >= 0.6 is 11.6 Å². The molecule has 0 bridgehead atoms. The molecule has 0 spiro atoms. The van der Waals surface area contributed by atoms with Crippen molar-refractivity contribution in [1.29, 1.82) is 0 Å². The third kappa shape index (κ3) is 7.99. The number of aliphatic carboxylic acids is 1. The third-order valence-electron chi connectivity index (χ3n) is 8.50. The lowest BCUT2D eigenvalue weighted by molar-refractivity contribution is -0.145. The molecule has 0 saturated heterocycles. The smallest absolute Gasteiger partial charge is 0.334 e. The van der Waals surface area contributed by atoms with Crippen LogP contribution in [0.1, 0.15) is 54.4 Å². The van der Waals surface area contributed by atoms with Crippen LogP contribution in [0.4, 0.5) is 0 Å². The minimum absolute atomic E-state index is 0.0357. The van der Waals surface area contributed by atoms with Gasteiger partial charge in [0.25, 0.3) is 0 Å². The van der Waals surface area contributed by atoms with Crippen LogP contribution in [0.3, 0.4) is 0 Å². The van der Waals surface area contributed by atoms with Gasteiger partial charge in [0.1, 0.15) is 13.2 Å². The summed E-state index contributed by atoms with van der Waals surface area (Å²) < 4.78 is 5.37. The molecule has 0 aliphatic carbocycles. The predicted molar refractivity (Wildman–Crippen MR) is 183 cm³/mol. The number of ether oxygens (including phenoxy) is 1. The summed E-state index contributed by atoms with van der Waals surface area (Å²) in [6.07, 6.45) is 0.651. The molecule has 0 fully saturated rings. The number of hydrogen-bond acceptors (Lipinski definition) is 5. The monoisotopic (exact) mass is 648 g/mol. The average molecular weight is 649 g/mol. The van der Waals surface area contributed by atoms with Crippen molar-refractivity contribution in [2.75, 3.05) is 13.1 Å². The Balaban J connectivity index is 1.47. The first-order chi connectivity index (χ1) is 22.7. The van der Waals surface area contributed by atoms with E-state index in [1.807, 2.05) is 78.6 Å². The lowest BCUT2D eigenvalue weighted by Crippen LogP contribution is -2.40. The fraction of sp³-hybridized carbons (Fsp3) is 0.205. The number of amides is 1. The van der Waals surface area contributed by atoms with E-state index in [0.29, 0.717) is 34.9 Å². The largest absolute Gasteiger partial charge is 0.478 e. The van der Waals surface area contributed by atoms with Gasteiger partial charge in [-0.1, -0.05) is 115 Å². The van der Waals surface area contributed by atoms with E-state index in [9.17, 15) is 19.5 Å². The molecule has 2 N–H and O–H groups in total. The quantitative estimate of drug-likeness (QED) is 0.155. The summed E-state index contributed by atoms with van der Waals surface area (Å²) in [5.41, 5.74) is 5.13. The van der Waals surface area contributed by atoms with E-state index in [0.717, 1.165) is 16.7 Å². The Kier molecular flexibility index (Phi) is 10.9. The number of benzene rings is 4. The molecular formula is C39H37ClN2O5. The van der Waals surface area contributed by atoms with E-state index in [-0.39, 0.29) is 30.2 Å². The zero-order chi connectivity index (χ0) is 33.3. The summed E-state index contributed by atoms with van der Waals surface area (Å²) in [6.45, 7) is 3.74.